The van der Waals surface area contributed by atoms with Crippen LogP contribution in [0.25, 0.3) is 10.6 Å². The third kappa shape index (κ3) is 3.18. The van der Waals surface area contributed by atoms with Crippen LogP contribution in [0, 0.1) is 0 Å². The maximum Gasteiger partial charge on any atom is 0.276 e. The number of nitrogens with zero attached hydrogens (tertiary/aromatic N) is 2. The Kier molecular flexibility index (Phi) is 4.06. The Balaban J connectivity index is 1.52. The largest absolute Gasteiger partial charge is 0.493 e. The molecule has 1 aliphatic heterocycles. The van der Waals surface area contributed by atoms with Gasteiger partial charge in [0.15, 0.2) is 10.9 Å². The molecule has 2 aromatic heterocycles. The molecule has 126 valence electrons. The molecule has 4 rings (SSSR count). The van der Waals surface area contributed by atoms with Crippen LogP contribution in [0.5, 0.6) is 5.75 Å². The number of ether oxygens (including phenoxy) is 1. The van der Waals surface area contributed by atoms with E-state index in [4.69, 9.17) is 4.74 Å². The van der Waals surface area contributed by atoms with E-state index in [1.165, 1.54) is 35.2 Å². The summed E-state index contributed by atoms with van der Waals surface area (Å²) in [5.74, 6) is 0.452. The van der Waals surface area contributed by atoms with Crippen molar-refractivity contribution in [2.75, 3.05) is 11.9 Å². The van der Waals surface area contributed by atoms with Crippen LogP contribution < -0.4 is 10.1 Å². The monoisotopic (exact) mass is 371 g/mol. The molecule has 1 aliphatic rings. The van der Waals surface area contributed by atoms with Crippen LogP contribution in [-0.4, -0.2) is 28.3 Å². The molecular weight excluding hydrogens is 358 g/mol. The molecule has 25 heavy (non-hydrogen) atoms. The van der Waals surface area contributed by atoms with E-state index in [9.17, 15) is 9.59 Å². The summed E-state index contributed by atoms with van der Waals surface area (Å²) in [6, 6.07) is 5.95. The number of nitrogens with one attached hydrogen (secondary N) is 1. The van der Waals surface area contributed by atoms with Crippen LogP contribution in [-0.2, 0) is 6.42 Å². The topological polar surface area (TPSA) is 81.2 Å². The fourth-order valence-corrected chi connectivity index (χ4v) is 4.03. The number of carbonyl (C=O) groups is 2. The average molecular weight is 371 g/mol. The van der Waals surface area contributed by atoms with Crippen molar-refractivity contribution in [3.63, 3.8) is 0 Å². The van der Waals surface area contributed by atoms with E-state index in [0.29, 0.717) is 23.1 Å². The zero-order valence-electron chi connectivity index (χ0n) is 13.2. The number of aromatic nitrogens is 2. The van der Waals surface area contributed by atoms with Gasteiger partial charge in [0.05, 0.1) is 6.61 Å². The Labute approximate surface area is 151 Å². The molecule has 0 radical (unpaired) electrons. The van der Waals surface area contributed by atoms with Crippen molar-refractivity contribution in [1.82, 2.24) is 9.97 Å². The second-order valence-electron chi connectivity index (χ2n) is 5.51. The summed E-state index contributed by atoms with van der Waals surface area (Å²) < 4.78 is 5.51. The number of thiazole rings is 2. The van der Waals surface area contributed by atoms with Crippen molar-refractivity contribution in [2.24, 2.45) is 0 Å². The van der Waals surface area contributed by atoms with Gasteiger partial charge in [-0.2, -0.15) is 0 Å². The minimum absolute atomic E-state index is 0.131. The standard InChI is InChI=1S/C17H13N3O3S2/c1-9(21)12-7-25-17(19-12)20-15(22)13-8-24-16(18-13)11-2-3-14-10(6-11)4-5-23-14/h2-3,6-8H,4-5H2,1H3,(H,19,20,22). The summed E-state index contributed by atoms with van der Waals surface area (Å²) in [6.45, 7) is 2.15. The van der Waals surface area contributed by atoms with Gasteiger partial charge in [-0.25, -0.2) is 9.97 Å². The van der Waals surface area contributed by atoms with Crippen molar-refractivity contribution in [3.05, 3.63) is 45.9 Å². The number of amides is 1. The quantitative estimate of drug-likeness (QED) is 0.708. The lowest BCUT2D eigenvalue weighted by Gasteiger charge is -2.01. The molecule has 1 N–H and O–H groups in total. The number of hydrogen-bond donors (Lipinski definition) is 1. The molecule has 0 saturated heterocycles. The predicted octanol–water partition coefficient (Wildman–Crippen LogP) is 3.66. The molecule has 3 aromatic rings. The van der Waals surface area contributed by atoms with Gasteiger partial charge in [-0.3, -0.25) is 14.9 Å². The van der Waals surface area contributed by atoms with Crippen LogP contribution in [0.2, 0.25) is 0 Å². The third-order valence-corrected chi connectivity index (χ3v) is 5.41. The van der Waals surface area contributed by atoms with Gasteiger partial charge in [0.25, 0.3) is 5.91 Å². The van der Waals surface area contributed by atoms with Crippen LogP contribution in [0.15, 0.2) is 29.0 Å². The Morgan fingerprint density at radius 1 is 1.16 bits per heavy atom. The molecule has 1 amide bonds. The number of rotatable bonds is 4. The first kappa shape index (κ1) is 15.9. The van der Waals surface area contributed by atoms with Gasteiger partial charge < -0.3 is 4.74 Å². The third-order valence-electron chi connectivity index (χ3n) is 3.76. The van der Waals surface area contributed by atoms with E-state index < -0.39 is 0 Å². The first-order valence-electron chi connectivity index (χ1n) is 7.59. The number of Topliss-reactive ketones (excluding diaryl/α,β-unsaturated/α-hetero) is 1. The smallest absolute Gasteiger partial charge is 0.276 e. The lowest BCUT2D eigenvalue weighted by molar-refractivity contribution is 0.100. The van der Waals surface area contributed by atoms with Gasteiger partial charge in [-0.05, 0) is 23.8 Å². The van der Waals surface area contributed by atoms with Crippen LogP contribution in [0.1, 0.15) is 33.5 Å². The predicted molar refractivity (Wildman–Crippen MR) is 96.8 cm³/mol. The molecule has 0 fully saturated rings. The molecular formula is C17H13N3O3S2. The maximum atomic E-state index is 12.3. The average Bonchev–Trinajstić information content (AvgIpc) is 3.33. The van der Waals surface area contributed by atoms with Gasteiger partial charge in [0, 0.05) is 29.7 Å². The minimum Gasteiger partial charge on any atom is -0.493 e. The highest BCUT2D eigenvalue weighted by Gasteiger charge is 2.17. The Morgan fingerprint density at radius 2 is 2.00 bits per heavy atom. The second kappa shape index (κ2) is 6.38. The Hall–Kier alpha value is -2.58. The molecule has 0 atom stereocenters. The lowest BCUT2D eigenvalue weighted by atomic mass is 10.1. The van der Waals surface area contributed by atoms with Gasteiger partial charge in [0.2, 0.25) is 0 Å². The fraction of sp³-hybridized carbons (Fsp3) is 0.176. The maximum absolute atomic E-state index is 12.3. The van der Waals surface area contributed by atoms with E-state index in [2.05, 4.69) is 21.4 Å². The molecule has 3 heterocycles. The summed E-state index contributed by atoms with van der Waals surface area (Å²) >= 11 is 2.63. The Morgan fingerprint density at radius 3 is 2.80 bits per heavy atom. The van der Waals surface area contributed by atoms with E-state index in [-0.39, 0.29) is 11.7 Å². The zero-order valence-corrected chi connectivity index (χ0v) is 14.9. The summed E-state index contributed by atoms with van der Waals surface area (Å²) in [6.07, 6.45) is 0.893. The lowest BCUT2D eigenvalue weighted by Crippen LogP contribution is -2.12. The number of fused-ring (bicyclic) bond motifs is 1. The highest BCUT2D eigenvalue weighted by molar-refractivity contribution is 7.14. The zero-order chi connectivity index (χ0) is 17.4. The summed E-state index contributed by atoms with van der Waals surface area (Å²) in [5, 5.41) is 7.19. The Bertz CT molecular complexity index is 977. The summed E-state index contributed by atoms with van der Waals surface area (Å²) in [4.78, 5) is 32.1. The van der Waals surface area contributed by atoms with E-state index in [0.717, 1.165) is 22.7 Å². The number of benzene rings is 1. The fourth-order valence-electron chi connectivity index (χ4n) is 2.48. The van der Waals surface area contributed by atoms with Gasteiger partial charge in [-0.1, -0.05) is 0 Å². The first-order valence-corrected chi connectivity index (χ1v) is 9.35. The van der Waals surface area contributed by atoms with E-state index in [1.807, 2.05) is 12.1 Å². The van der Waals surface area contributed by atoms with E-state index in [1.54, 1.807) is 10.8 Å². The molecule has 1 aromatic carbocycles. The molecule has 0 unspecified atom stereocenters. The van der Waals surface area contributed by atoms with Crippen molar-refractivity contribution in [1.29, 1.82) is 0 Å². The highest BCUT2D eigenvalue weighted by Crippen LogP contribution is 2.32. The van der Waals surface area contributed by atoms with Crippen molar-refractivity contribution in [3.8, 4) is 16.3 Å². The van der Waals surface area contributed by atoms with Crippen molar-refractivity contribution >= 4 is 39.5 Å². The normalized spacial score (nSPS) is 12.5. The first-order chi connectivity index (χ1) is 12.1. The molecule has 0 aliphatic carbocycles. The second-order valence-corrected chi connectivity index (χ2v) is 7.22. The van der Waals surface area contributed by atoms with Gasteiger partial charge in [0.1, 0.15) is 22.1 Å². The molecule has 6 nitrogen and oxygen atoms in total. The van der Waals surface area contributed by atoms with Gasteiger partial charge >= 0.3 is 0 Å². The molecule has 0 spiro atoms. The molecule has 8 heteroatoms. The highest BCUT2D eigenvalue weighted by atomic mass is 32.1. The summed E-state index contributed by atoms with van der Waals surface area (Å²) in [7, 11) is 0. The van der Waals surface area contributed by atoms with Gasteiger partial charge in [-0.15, -0.1) is 22.7 Å². The molecule has 0 saturated carbocycles. The number of carbonyl (C=O) groups excluding carboxylic acids is 2. The van der Waals surface area contributed by atoms with Crippen molar-refractivity contribution < 1.29 is 14.3 Å². The van der Waals surface area contributed by atoms with Crippen molar-refractivity contribution in [2.45, 2.75) is 13.3 Å². The number of ketones is 1. The van der Waals surface area contributed by atoms with Crippen LogP contribution >= 0.6 is 22.7 Å². The molecule has 0 bridgehead atoms. The van der Waals surface area contributed by atoms with Crippen LogP contribution in [0.3, 0.4) is 0 Å². The van der Waals surface area contributed by atoms with Crippen LogP contribution in [0.4, 0.5) is 5.13 Å². The number of anilines is 1. The van der Waals surface area contributed by atoms with E-state index >= 15 is 0 Å². The SMILES string of the molecule is CC(=O)c1csc(NC(=O)c2csc(-c3ccc4c(c3)CCO4)n2)n1. The summed E-state index contributed by atoms with van der Waals surface area (Å²) in [5.41, 5.74) is 2.82. The number of hydrogen-bond acceptors (Lipinski definition) is 7. The minimum atomic E-state index is -0.337.